The molecule has 3 aromatic rings. The Morgan fingerprint density at radius 2 is 1.97 bits per heavy atom. The summed E-state index contributed by atoms with van der Waals surface area (Å²) < 4.78 is 20.3. The Balaban J connectivity index is 1.67. The number of esters is 1. The Bertz CT molecular complexity index is 979. The third kappa shape index (κ3) is 5.22. The van der Waals surface area contributed by atoms with E-state index >= 15 is 0 Å². The van der Waals surface area contributed by atoms with Gasteiger partial charge in [-0.3, -0.25) is 4.79 Å². The number of carbonyl (C=O) groups is 2. The Kier molecular flexibility index (Phi) is 6.28. The third-order valence-electron chi connectivity index (χ3n) is 4.33. The molecule has 0 saturated heterocycles. The van der Waals surface area contributed by atoms with Crippen molar-refractivity contribution in [2.24, 2.45) is 0 Å². The monoisotopic (exact) mass is 397 g/mol. The van der Waals surface area contributed by atoms with Crippen LogP contribution in [0.3, 0.4) is 0 Å². The summed E-state index contributed by atoms with van der Waals surface area (Å²) in [5.74, 6) is -1.66. The maximum absolute atomic E-state index is 13.7. The van der Waals surface area contributed by atoms with Crippen LogP contribution >= 0.6 is 0 Å². The van der Waals surface area contributed by atoms with Gasteiger partial charge in [-0.2, -0.15) is 0 Å². The van der Waals surface area contributed by atoms with Gasteiger partial charge in [0, 0.05) is 12.1 Å². The fraction of sp³-hybridized carbons (Fsp3) is 0.250. The molecule has 2 aromatic carbocycles. The Morgan fingerprint density at radius 3 is 2.62 bits per heavy atom. The zero-order valence-corrected chi connectivity index (χ0v) is 15.9. The zero-order valence-electron chi connectivity index (χ0n) is 15.9. The molecule has 0 radical (unpaired) electrons. The van der Waals surface area contributed by atoms with Gasteiger partial charge < -0.3 is 10.1 Å². The van der Waals surface area contributed by atoms with E-state index in [2.05, 4.69) is 20.8 Å². The lowest BCUT2D eigenvalue weighted by Gasteiger charge is -2.19. The van der Waals surface area contributed by atoms with Gasteiger partial charge in [0.2, 0.25) is 0 Å². The van der Waals surface area contributed by atoms with Crippen molar-refractivity contribution in [2.75, 3.05) is 5.32 Å². The van der Waals surface area contributed by atoms with Crippen LogP contribution in [0.2, 0.25) is 0 Å². The van der Waals surface area contributed by atoms with Crippen molar-refractivity contribution in [1.82, 2.24) is 20.2 Å². The molecule has 2 atom stereocenters. The lowest BCUT2D eigenvalue weighted by molar-refractivity contribution is -0.156. The van der Waals surface area contributed by atoms with Gasteiger partial charge in [0.15, 0.2) is 12.1 Å². The van der Waals surface area contributed by atoms with Crippen molar-refractivity contribution < 1.29 is 18.7 Å². The van der Waals surface area contributed by atoms with Gasteiger partial charge in [0.25, 0.3) is 5.91 Å². The van der Waals surface area contributed by atoms with Gasteiger partial charge in [-0.25, -0.2) is 13.9 Å². The molecule has 3 rings (SSSR count). The van der Waals surface area contributed by atoms with Crippen LogP contribution in [-0.4, -0.2) is 38.2 Å². The summed E-state index contributed by atoms with van der Waals surface area (Å²) in [5, 5.41) is 13.4. The molecule has 0 aliphatic carbocycles. The molecule has 29 heavy (non-hydrogen) atoms. The second-order valence-corrected chi connectivity index (χ2v) is 6.53. The second kappa shape index (κ2) is 9.05. The quantitative estimate of drug-likeness (QED) is 0.615. The van der Waals surface area contributed by atoms with E-state index in [1.54, 1.807) is 19.1 Å². The minimum atomic E-state index is -1.10. The predicted octanol–water partition coefficient (Wildman–Crippen LogP) is 2.47. The van der Waals surface area contributed by atoms with Crippen LogP contribution in [0, 0.1) is 12.7 Å². The third-order valence-corrected chi connectivity index (χ3v) is 4.33. The van der Waals surface area contributed by atoms with Gasteiger partial charge in [-0.05, 0) is 47.5 Å². The van der Waals surface area contributed by atoms with Crippen LogP contribution in [0.5, 0.6) is 0 Å². The molecule has 0 saturated carbocycles. The molecule has 1 amide bonds. The number of nitrogens with zero attached hydrogens (tertiary/aromatic N) is 4. The Labute approximate surface area is 166 Å². The topological polar surface area (TPSA) is 99.0 Å². The number of tetrazole rings is 1. The zero-order chi connectivity index (χ0) is 20.8. The molecule has 0 bridgehead atoms. The number of ether oxygens (including phenoxy) is 1. The van der Waals surface area contributed by atoms with Gasteiger partial charge in [-0.15, -0.1) is 5.10 Å². The number of nitrogens with one attached hydrogen (secondary N) is 1. The molecule has 150 valence electrons. The smallest absolute Gasteiger partial charge is 0.332 e. The van der Waals surface area contributed by atoms with Crippen LogP contribution in [0.15, 0.2) is 54.9 Å². The van der Waals surface area contributed by atoms with Crippen LogP contribution < -0.4 is 5.32 Å². The van der Waals surface area contributed by atoms with E-state index < -0.39 is 29.8 Å². The van der Waals surface area contributed by atoms with Gasteiger partial charge in [-0.1, -0.05) is 36.4 Å². The molecule has 0 aliphatic heterocycles. The standard InChI is InChI=1S/C20H20FN5O3/c1-13-8-9-16(11-17(13)21)23-19(27)14(2)29-20(28)18(26-12-22-24-25-26)10-15-6-4-3-5-7-15/h3-9,11-12,14,18H,10H2,1-2H3,(H,23,27)/t14-,18+/m0/s1. The van der Waals surface area contributed by atoms with Gasteiger partial charge in [0.1, 0.15) is 12.1 Å². The van der Waals surface area contributed by atoms with Crippen molar-refractivity contribution in [2.45, 2.75) is 32.4 Å². The van der Waals surface area contributed by atoms with E-state index in [9.17, 15) is 14.0 Å². The van der Waals surface area contributed by atoms with Crippen molar-refractivity contribution in [3.05, 3.63) is 71.8 Å². The summed E-state index contributed by atoms with van der Waals surface area (Å²) in [6.07, 6.45) is 0.512. The number of halogens is 1. The van der Waals surface area contributed by atoms with Crippen molar-refractivity contribution in [3.63, 3.8) is 0 Å². The number of aromatic nitrogens is 4. The van der Waals surface area contributed by atoms with Gasteiger partial charge in [0.05, 0.1) is 0 Å². The summed E-state index contributed by atoms with van der Waals surface area (Å²) in [5.41, 5.74) is 1.63. The fourth-order valence-electron chi connectivity index (χ4n) is 2.65. The molecule has 0 aliphatic rings. The van der Waals surface area contributed by atoms with E-state index in [1.807, 2.05) is 30.3 Å². The first-order chi connectivity index (χ1) is 13.9. The average Bonchev–Trinajstić information content (AvgIpc) is 3.24. The Morgan fingerprint density at radius 1 is 1.21 bits per heavy atom. The van der Waals surface area contributed by atoms with Crippen LogP contribution in [0.25, 0.3) is 0 Å². The first-order valence-corrected chi connectivity index (χ1v) is 8.98. The van der Waals surface area contributed by atoms with E-state index in [4.69, 9.17) is 4.74 Å². The molecular weight excluding hydrogens is 377 g/mol. The molecule has 8 nitrogen and oxygen atoms in total. The van der Waals surface area contributed by atoms with E-state index in [1.165, 1.54) is 24.0 Å². The second-order valence-electron chi connectivity index (χ2n) is 6.53. The number of hydrogen-bond donors (Lipinski definition) is 1. The lowest BCUT2D eigenvalue weighted by Crippen LogP contribution is -2.34. The van der Waals surface area contributed by atoms with Crippen molar-refractivity contribution in [1.29, 1.82) is 0 Å². The molecule has 1 heterocycles. The largest absolute Gasteiger partial charge is 0.451 e. The molecule has 0 spiro atoms. The molecule has 1 N–H and O–H groups in total. The normalized spacial score (nSPS) is 12.8. The van der Waals surface area contributed by atoms with E-state index in [-0.39, 0.29) is 5.69 Å². The maximum Gasteiger partial charge on any atom is 0.332 e. The molecule has 0 fully saturated rings. The predicted molar refractivity (Wildman–Crippen MR) is 102 cm³/mol. The van der Waals surface area contributed by atoms with Crippen molar-refractivity contribution in [3.8, 4) is 0 Å². The molecule has 9 heteroatoms. The molecular formula is C20H20FN5O3. The highest BCUT2D eigenvalue weighted by molar-refractivity contribution is 5.95. The van der Waals surface area contributed by atoms with E-state index in [0.717, 1.165) is 5.56 Å². The maximum atomic E-state index is 13.7. The minimum Gasteiger partial charge on any atom is -0.451 e. The van der Waals surface area contributed by atoms with E-state index in [0.29, 0.717) is 12.0 Å². The SMILES string of the molecule is Cc1ccc(NC(=O)[C@H](C)OC(=O)[C@@H](Cc2ccccc2)n2cnnn2)cc1F. The van der Waals surface area contributed by atoms with Crippen LogP contribution in [0.1, 0.15) is 24.1 Å². The number of aryl methyl sites for hydroxylation is 1. The lowest BCUT2D eigenvalue weighted by atomic mass is 10.1. The van der Waals surface area contributed by atoms with Crippen molar-refractivity contribution >= 4 is 17.6 Å². The summed E-state index contributed by atoms with van der Waals surface area (Å²) >= 11 is 0. The Hall–Kier alpha value is -3.62. The van der Waals surface area contributed by atoms with Crippen LogP contribution in [-0.2, 0) is 20.7 Å². The number of rotatable bonds is 7. The summed E-state index contributed by atoms with van der Waals surface area (Å²) in [7, 11) is 0. The highest BCUT2D eigenvalue weighted by Gasteiger charge is 2.28. The minimum absolute atomic E-state index is 0.280. The first kappa shape index (κ1) is 20.1. The number of hydrogen-bond acceptors (Lipinski definition) is 6. The number of carbonyl (C=O) groups excluding carboxylic acids is 2. The summed E-state index contributed by atoms with van der Waals surface area (Å²) in [4.78, 5) is 25.1. The van der Waals surface area contributed by atoms with Crippen LogP contribution in [0.4, 0.5) is 10.1 Å². The highest BCUT2D eigenvalue weighted by atomic mass is 19.1. The first-order valence-electron chi connectivity index (χ1n) is 8.98. The number of anilines is 1. The average molecular weight is 397 g/mol. The number of benzene rings is 2. The summed E-state index contributed by atoms with van der Waals surface area (Å²) in [6.45, 7) is 3.06. The fourth-order valence-corrected chi connectivity index (χ4v) is 2.65. The molecule has 1 aromatic heterocycles. The van der Waals surface area contributed by atoms with Gasteiger partial charge >= 0.3 is 5.97 Å². The number of amides is 1. The highest BCUT2D eigenvalue weighted by Crippen LogP contribution is 2.17. The molecule has 0 unspecified atom stereocenters. The summed E-state index contributed by atoms with van der Waals surface area (Å²) in [6, 6.07) is 12.8.